The molecule has 1 saturated heterocycles. The summed E-state index contributed by atoms with van der Waals surface area (Å²) in [6.45, 7) is 2.23. The van der Waals surface area contributed by atoms with Gasteiger partial charge in [0, 0.05) is 30.9 Å². The summed E-state index contributed by atoms with van der Waals surface area (Å²) < 4.78 is 0. The van der Waals surface area contributed by atoms with Crippen LogP contribution in [-0.4, -0.2) is 36.1 Å². The third-order valence-corrected chi connectivity index (χ3v) is 3.87. The molecule has 0 aromatic carbocycles. The zero-order valence-corrected chi connectivity index (χ0v) is 10.4. The maximum absolute atomic E-state index is 4.48. The van der Waals surface area contributed by atoms with Crippen LogP contribution in [0.4, 0.5) is 5.82 Å². The van der Waals surface area contributed by atoms with Gasteiger partial charge in [0.15, 0.2) is 0 Å². The molecule has 1 atom stereocenters. The van der Waals surface area contributed by atoms with Crippen LogP contribution in [0, 0.1) is 0 Å². The SMILES string of the molecule is CN(CC1CCCN1)c1ncnc2c1CCC2. The van der Waals surface area contributed by atoms with Gasteiger partial charge >= 0.3 is 0 Å². The van der Waals surface area contributed by atoms with Crippen LogP contribution in [0.1, 0.15) is 30.5 Å². The molecule has 17 heavy (non-hydrogen) atoms. The minimum absolute atomic E-state index is 0.631. The van der Waals surface area contributed by atoms with E-state index in [1.165, 1.54) is 37.1 Å². The van der Waals surface area contributed by atoms with Gasteiger partial charge in [0.25, 0.3) is 0 Å². The summed E-state index contributed by atoms with van der Waals surface area (Å²) in [4.78, 5) is 11.2. The summed E-state index contributed by atoms with van der Waals surface area (Å²) in [6.07, 6.45) is 7.82. The molecule has 1 fully saturated rings. The van der Waals surface area contributed by atoms with Gasteiger partial charge in [-0.25, -0.2) is 9.97 Å². The Morgan fingerprint density at radius 3 is 3.12 bits per heavy atom. The normalized spacial score (nSPS) is 22.8. The highest BCUT2D eigenvalue weighted by atomic mass is 15.2. The number of anilines is 1. The molecule has 2 aliphatic rings. The van der Waals surface area contributed by atoms with Crippen molar-refractivity contribution < 1.29 is 0 Å². The second-order valence-electron chi connectivity index (χ2n) is 5.15. The number of rotatable bonds is 3. The summed E-state index contributed by atoms with van der Waals surface area (Å²) in [6, 6.07) is 0.631. The number of aromatic nitrogens is 2. The number of hydrogen-bond acceptors (Lipinski definition) is 4. The number of hydrogen-bond donors (Lipinski definition) is 1. The summed E-state index contributed by atoms with van der Waals surface area (Å²) in [5, 5.41) is 3.54. The third-order valence-electron chi connectivity index (χ3n) is 3.87. The molecule has 0 radical (unpaired) electrons. The molecule has 1 aromatic heterocycles. The topological polar surface area (TPSA) is 41.0 Å². The fraction of sp³-hybridized carbons (Fsp3) is 0.692. The van der Waals surface area contributed by atoms with Gasteiger partial charge in [-0.3, -0.25) is 0 Å². The molecule has 0 amide bonds. The van der Waals surface area contributed by atoms with Gasteiger partial charge in [0.05, 0.1) is 0 Å². The third kappa shape index (κ3) is 2.14. The van der Waals surface area contributed by atoms with Crippen molar-refractivity contribution in [2.24, 2.45) is 0 Å². The second kappa shape index (κ2) is 4.61. The Morgan fingerprint density at radius 2 is 2.29 bits per heavy atom. The molecule has 1 aliphatic heterocycles. The van der Waals surface area contributed by atoms with Crippen LogP contribution in [0.15, 0.2) is 6.33 Å². The molecular formula is C13H20N4. The maximum atomic E-state index is 4.48. The lowest BCUT2D eigenvalue weighted by atomic mass is 10.2. The Kier molecular flexibility index (Phi) is 2.97. The predicted molar refractivity (Wildman–Crippen MR) is 68.4 cm³/mol. The molecule has 0 spiro atoms. The molecule has 4 nitrogen and oxygen atoms in total. The second-order valence-corrected chi connectivity index (χ2v) is 5.15. The lowest BCUT2D eigenvalue weighted by molar-refractivity contribution is 0.596. The standard InChI is InChI=1S/C13H20N4/c1-17(8-10-4-3-7-14-10)13-11-5-2-6-12(11)15-9-16-13/h9-10,14H,2-8H2,1H3. The van der Waals surface area contributed by atoms with E-state index in [1.807, 2.05) is 0 Å². The van der Waals surface area contributed by atoms with Crippen LogP contribution < -0.4 is 10.2 Å². The van der Waals surface area contributed by atoms with E-state index in [4.69, 9.17) is 0 Å². The number of likely N-dealkylation sites (N-methyl/N-ethyl adjacent to an activating group) is 1. The van der Waals surface area contributed by atoms with E-state index in [-0.39, 0.29) is 0 Å². The molecule has 3 rings (SSSR count). The van der Waals surface area contributed by atoms with E-state index < -0.39 is 0 Å². The molecule has 4 heteroatoms. The van der Waals surface area contributed by atoms with E-state index in [0.29, 0.717) is 6.04 Å². The van der Waals surface area contributed by atoms with Crippen molar-refractivity contribution in [1.29, 1.82) is 0 Å². The average molecular weight is 232 g/mol. The van der Waals surface area contributed by atoms with Crippen LogP contribution in [0.2, 0.25) is 0 Å². The molecular weight excluding hydrogens is 212 g/mol. The fourth-order valence-electron chi connectivity index (χ4n) is 3.00. The summed E-state index contributed by atoms with van der Waals surface area (Å²) in [5.74, 6) is 1.15. The van der Waals surface area contributed by atoms with E-state index in [9.17, 15) is 0 Å². The monoisotopic (exact) mass is 232 g/mol. The predicted octanol–water partition coefficient (Wildman–Crippen LogP) is 1.15. The van der Waals surface area contributed by atoms with Gasteiger partial charge in [0.2, 0.25) is 0 Å². The number of nitrogens with one attached hydrogen (secondary N) is 1. The van der Waals surface area contributed by atoms with Crippen LogP contribution in [-0.2, 0) is 12.8 Å². The quantitative estimate of drug-likeness (QED) is 0.849. The molecule has 1 unspecified atom stereocenters. The molecule has 1 aliphatic carbocycles. The smallest absolute Gasteiger partial charge is 0.135 e. The van der Waals surface area contributed by atoms with Gasteiger partial charge < -0.3 is 10.2 Å². The molecule has 1 aromatic rings. The number of nitrogens with zero attached hydrogens (tertiary/aromatic N) is 3. The fourth-order valence-corrected chi connectivity index (χ4v) is 3.00. The van der Waals surface area contributed by atoms with Crippen molar-refractivity contribution in [3.8, 4) is 0 Å². The summed E-state index contributed by atoms with van der Waals surface area (Å²) in [7, 11) is 2.15. The van der Waals surface area contributed by atoms with Gasteiger partial charge in [-0.2, -0.15) is 0 Å². The maximum Gasteiger partial charge on any atom is 0.135 e. The Morgan fingerprint density at radius 1 is 1.35 bits per heavy atom. The zero-order valence-electron chi connectivity index (χ0n) is 10.4. The number of fused-ring (bicyclic) bond motifs is 1. The minimum atomic E-state index is 0.631. The van der Waals surface area contributed by atoms with Crippen molar-refractivity contribution in [3.63, 3.8) is 0 Å². The highest BCUT2D eigenvalue weighted by Gasteiger charge is 2.22. The van der Waals surface area contributed by atoms with Gasteiger partial charge in [-0.1, -0.05) is 0 Å². The van der Waals surface area contributed by atoms with Crippen molar-refractivity contribution in [1.82, 2.24) is 15.3 Å². The van der Waals surface area contributed by atoms with Crippen LogP contribution in [0.3, 0.4) is 0 Å². The largest absolute Gasteiger partial charge is 0.358 e. The molecule has 0 bridgehead atoms. The van der Waals surface area contributed by atoms with Crippen LogP contribution >= 0.6 is 0 Å². The Labute approximate surface area is 102 Å². The lowest BCUT2D eigenvalue weighted by Gasteiger charge is -2.24. The highest BCUT2D eigenvalue weighted by Crippen LogP contribution is 2.27. The van der Waals surface area contributed by atoms with Crippen LogP contribution in [0.5, 0.6) is 0 Å². The first-order valence-electron chi connectivity index (χ1n) is 6.62. The summed E-state index contributed by atoms with van der Waals surface area (Å²) >= 11 is 0. The average Bonchev–Trinajstić information content (AvgIpc) is 2.97. The first-order valence-corrected chi connectivity index (χ1v) is 6.62. The van der Waals surface area contributed by atoms with Crippen molar-refractivity contribution in [2.45, 2.75) is 38.1 Å². The zero-order chi connectivity index (χ0) is 11.7. The van der Waals surface area contributed by atoms with E-state index in [2.05, 4.69) is 27.2 Å². The summed E-state index contributed by atoms with van der Waals surface area (Å²) in [5.41, 5.74) is 2.65. The Balaban J connectivity index is 1.76. The highest BCUT2D eigenvalue weighted by molar-refractivity contribution is 5.49. The Hall–Kier alpha value is -1.16. The van der Waals surface area contributed by atoms with E-state index >= 15 is 0 Å². The molecule has 2 heterocycles. The van der Waals surface area contributed by atoms with Gasteiger partial charge in [0.1, 0.15) is 12.1 Å². The van der Waals surface area contributed by atoms with Crippen molar-refractivity contribution in [3.05, 3.63) is 17.6 Å². The minimum Gasteiger partial charge on any atom is -0.358 e. The lowest BCUT2D eigenvalue weighted by Crippen LogP contribution is -2.36. The first-order chi connectivity index (χ1) is 8.34. The van der Waals surface area contributed by atoms with Crippen molar-refractivity contribution >= 4 is 5.82 Å². The number of aryl methyl sites for hydroxylation is 1. The first kappa shape index (κ1) is 11.0. The molecule has 1 N–H and O–H groups in total. The van der Waals surface area contributed by atoms with Gasteiger partial charge in [-0.15, -0.1) is 0 Å². The van der Waals surface area contributed by atoms with E-state index in [0.717, 1.165) is 25.2 Å². The van der Waals surface area contributed by atoms with Gasteiger partial charge in [-0.05, 0) is 38.6 Å². The molecule has 92 valence electrons. The van der Waals surface area contributed by atoms with Crippen LogP contribution in [0.25, 0.3) is 0 Å². The van der Waals surface area contributed by atoms with Crippen molar-refractivity contribution in [2.75, 3.05) is 25.0 Å². The molecule has 0 saturated carbocycles. The Bertz CT molecular complexity index is 398. The van der Waals surface area contributed by atoms with E-state index in [1.54, 1.807) is 6.33 Å².